The van der Waals surface area contributed by atoms with Crippen molar-refractivity contribution in [3.05, 3.63) is 0 Å². The van der Waals surface area contributed by atoms with Crippen molar-refractivity contribution in [3.8, 4) is 0 Å². The molecule has 0 aliphatic heterocycles. The molecule has 0 heterocycles. The van der Waals surface area contributed by atoms with Gasteiger partial charge in [-0.3, -0.25) is 4.79 Å². The summed E-state index contributed by atoms with van der Waals surface area (Å²) < 4.78 is 0. The van der Waals surface area contributed by atoms with Crippen molar-refractivity contribution >= 4 is 5.91 Å². The zero-order valence-electron chi connectivity index (χ0n) is 10.5. The minimum Gasteiger partial charge on any atom is -0.354 e. The minimum atomic E-state index is 0.109. The molecular weight excluding hydrogens is 200 g/mol. The van der Waals surface area contributed by atoms with E-state index < -0.39 is 0 Å². The normalized spacial score (nSPS) is 20.9. The van der Waals surface area contributed by atoms with E-state index in [2.05, 4.69) is 5.32 Å². The molecule has 0 saturated heterocycles. The molecule has 0 aromatic rings. The van der Waals surface area contributed by atoms with E-state index in [1.54, 1.807) is 0 Å². The molecule has 1 saturated carbocycles. The third-order valence-electron chi connectivity index (χ3n) is 3.54. The third-order valence-corrected chi connectivity index (χ3v) is 3.54. The number of carbonyl (C=O) groups is 1. The van der Waals surface area contributed by atoms with Gasteiger partial charge < -0.3 is 11.1 Å². The highest BCUT2D eigenvalue weighted by Gasteiger charge is 2.19. The van der Waals surface area contributed by atoms with Gasteiger partial charge in [-0.25, -0.2) is 0 Å². The van der Waals surface area contributed by atoms with Crippen LogP contribution in [0.5, 0.6) is 0 Å². The molecule has 1 atom stereocenters. The molecule has 0 spiro atoms. The van der Waals surface area contributed by atoms with Gasteiger partial charge in [0.2, 0.25) is 5.91 Å². The van der Waals surface area contributed by atoms with Crippen molar-refractivity contribution in [3.63, 3.8) is 0 Å². The maximum Gasteiger partial charge on any atom is 0.223 e. The Morgan fingerprint density at radius 2 is 1.81 bits per heavy atom. The summed E-state index contributed by atoms with van der Waals surface area (Å²) in [5.74, 6) is 0.468. The molecule has 1 amide bonds. The van der Waals surface area contributed by atoms with Crippen LogP contribution in [0.1, 0.15) is 58.3 Å². The van der Waals surface area contributed by atoms with E-state index in [0.29, 0.717) is 6.54 Å². The Bertz CT molecular complexity index is 198. The molecule has 3 N–H and O–H groups in total. The quantitative estimate of drug-likeness (QED) is 0.772. The number of amides is 1. The van der Waals surface area contributed by atoms with Gasteiger partial charge in [-0.15, -0.1) is 0 Å². The fourth-order valence-corrected chi connectivity index (χ4v) is 2.24. The summed E-state index contributed by atoms with van der Waals surface area (Å²) in [5.41, 5.74) is 5.79. The number of rotatable bonds is 4. The third kappa shape index (κ3) is 4.97. The predicted octanol–water partition coefficient (Wildman–Crippen LogP) is 2.20. The average molecular weight is 226 g/mol. The van der Waals surface area contributed by atoms with Crippen molar-refractivity contribution in [2.75, 3.05) is 6.54 Å². The van der Waals surface area contributed by atoms with Gasteiger partial charge in [0.05, 0.1) is 0 Å². The molecule has 94 valence electrons. The second kappa shape index (κ2) is 7.66. The zero-order valence-corrected chi connectivity index (χ0v) is 10.5. The number of hydrogen-bond donors (Lipinski definition) is 2. The summed E-state index contributed by atoms with van der Waals surface area (Å²) in [4.78, 5) is 11.9. The molecule has 3 heteroatoms. The van der Waals surface area contributed by atoms with E-state index in [-0.39, 0.29) is 17.9 Å². The largest absolute Gasteiger partial charge is 0.354 e. The zero-order chi connectivity index (χ0) is 11.8. The lowest BCUT2D eigenvalue weighted by Gasteiger charge is -2.20. The lowest BCUT2D eigenvalue weighted by molar-refractivity contribution is -0.125. The second-order valence-electron chi connectivity index (χ2n) is 4.96. The van der Waals surface area contributed by atoms with Crippen LogP contribution in [0.15, 0.2) is 0 Å². The van der Waals surface area contributed by atoms with E-state index in [0.717, 1.165) is 19.3 Å². The van der Waals surface area contributed by atoms with Crippen LogP contribution in [0.4, 0.5) is 0 Å². The lowest BCUT2D eigenvalue weighted by Crippen LogP contribution is -2.39. The molecule has 0 radical (unpaired) electrons. The molecule has 0 aromatic heterocycles. The standard InChI is InChI=1S/C13H26N2O/c1-2-12(14)10-15-13(16)11-8-6-4-3-5-7-9-11/h11-12H,2-10,14H2,1H3,(H,15,16). The van der Waals surface area contributed by atoms with Crippen LogP contribution in [0.25, 0.3) is 0 Å². The Balaban J connectivity index is 2.27. The molecule has 16 heavy (non-hydrogen) atoms. The molecule has 1 rings (SSSR count). The molecule has 0 aromatic carbocycles. The Morgan fingerprint density at radius 3 is 2.38 bits per heavy atom. The number of carbonyl (C=O) groups excluding carboxylic acids is 1. The molecule has 1 unspecified atom stereocenters. The monoisotopic (exact) mass is 226 g/mol. The Morgan fingerprint density at radius 1 is 1.25 bits per heavy atom. The maximum absolute atomic E-state index is 11.9. The Labute approximate surface area is 99.2 Å². The van der Waals surface area contributed by atoms with Gasteiger partial charge in [0, 0.05) is 18.5 Å². The lowest BCUT2D eigenvalue weighted by atomic mass is 9.90. The summed E-state index contributed by atoms with van der Waals surface area (Å²) in [6.07, 6.45) is 9.38. The van der Waals surface area contributed by atoms with Crippen molar-refractivity contribution in [2.45, 2.75) is 64.3 Å². The van der Waals surface area contributed by atoms with Gasteiger partial charge in [-0.05, 0) is 19.3 Å². The second-order valence-corrected chi connectivity index (χ2v) is 4.96. The summed E-state index contributed by atoms with van der Waals surface area (Å²) in [5, 5.41) is 2.99. The van der Waals surface area contributed by atoms with Crippen molar-refractivity contribution in [1.29, 1.82) is 0 Å². The van der Waals surface area contributed by atoms with E-state index in [4.69, 9.17) is 5.73 Å². The number of hydrogen-bond acceptors (Lipinski definition) is 2. The van der Waals surface area contributed by atoms with Gasteiger partial charge in [0.1, 0.15) is 0 Å². The minimum absolute atomic E-state index is 0.109. The van der Waals surface area contributed by atoms with Gasteiger partial charge in [-0.1, -0.05) is 39.0 Å². The maximum atomic E-state index is 11.9. The molecule has 1 fully saturated rings. The fourth-order valence-electron chi connectivity index (χ4n) is 2.24. The summed E-state index contributed by atoms with van der Waals surface area (Å²) >= 11 is 0. The first kappa shape index (κ1) is 13.5. The molecule has 1 aliphatic carbocycles. The van der Waals surface area contributed by atoms with Gasteiger partial charge in [0.25, 0.3) is 0 Å². The van der Waals surface area contributed by atoms with Crippen LogP contribution in [0.3, 0.4) is 0 Å². The van der Waals surface area contributed by atoms with E-state index in [1.165, 1.54) is 32.1 Å². The first-order chi connectivity index (χ1) is 7.74. The van der Waals surface area contributed by atoms with E-state index in [1.807, 2.05) is 6.92 Å². The van der Waals surface area contributed by atoms with Crippen molar-refractivity contribution in [2.24, 2.45) is 11.7 Å². The van der Waals surface area contributed by atoms with E-state index >= 15 is 0 Å². The van der Waals surface area contributed by atoms with Crippen LogP contribution >= 0.6 is 0 Å². The van der Waals surface area contributed by atoms with Gasteiger partial charge >= 0.3 is 0 Å². The SMILES string of the molecule is CCC(N)CNC(=O)C1CCCCCCC1. The molecule has 3 nitrogen and oxygen atoms in total. The number of nitrogens with one attached hydrogen (secondary N) is 1. The van der Waals surface area contributed by atoms with Crippen molar-refractivity contribution < 1.29 is 4.79 Å². The fraction of sp³-hybridized carbons (Fsp3) is 0.923. The predicted molar refractivity (Wildman–Crippen MR) is 67.1 cm³/mol. The van der Waals surface area contributed by atoms with Gasteiger partial charge in [-0.2, -0.15) is 0 Å². The van der Waals surface area contributed by atoms with Crippen LogP contribution < -0.4 is 11.1 Å². The van der Waals surface area contributed by atoms with Crippen LogP contribution in [-0.2, 0) is 4.79 Å². The van der Waals surface area contributed by atoms with Gasteiger partial charge in [0.15, 0.2) is 0 Å². The highest BCUT2D eigenvalue weighted by Crippen LogP contribution is 2.22. The molecule has 1 aliphatic rings. The van der Waals surface area contributed by atoms with Crippen LogP contribution in [0.2, 0.25) is 0 Å². The molecule has 0 bridgehead atoms. The number of nitrogens with two attached hydrogens (primary N) is 1. The summed E-state index contributed by atoms with van der Waals surface area (Å²) in [6, 6.07) is 0.109. The van der Waals surface area contributed by atoms with Crippen LogP contribution in [0, 0.1) is 5.92 Å². The average Bonchev–Trinajstić information content (AvgIpc) is 2.25. The summed E-state index contributed by atoms with van der Waals surface area (Å²) in [7, 11) is 0. The highest BCUT2D eigenvalue weighted by molar-refractivity contribution is 5.78. The van der Waals surface area contributed by atoms with Crippen molar-refractivity contribution in [1.82, 2.24) is 5.32 Å². The molecular formula is C13H26N2O. The smallest absolute Gasteiger partial charge is 0.223 e. The Kier molecular flexibility index (Phi) is 6.46. The highest BCUT2D eigenvalue weighted by atomic mass is 16.1. The first-order valence-corrected chi connectivity index (χ1v) is 6.77. The Hall–Kier alpha value is -0.570. The first-order valence-electron chi connectivity index (χ1n) is 6.77. The summed E-state index contributed by atoms with van der Waals surface area (Å²) in [6.45, 7) is 2.68. The van der Waals surface area contributed by atoms with Crippen LogP contribution in [-0.4, -0.2) is 18.5 Å². The van der Waals surface area contributed by atoms with E-state index in [9.17, 15) is 4.79 Å². The topological polar surface area (TPSA) is 55.1 Å².